The number of carbonyl (C=O) groups is 2. The highest BCUT2D eigenvalue weighted by atomic mass is 16.5. The van der Waals surface area contributed by atoms with E-state index in [1.54, 1.807) is 7.11 Å². The Labute approximate surface area is 147 Å². The van der Waals surface area contributed by atoms with Crippen LogP contribution in [0.4, 0.5) is 0 Å². The summed E-state index contributed by atoms with van der Waals surface area (Å²) in [4.78, 5) is 20.6. The molecule has 1 saturated heterocycles. The SMILES string of the molecule is CNCC1(O)CCN(Cc2ccccc2OC)CC1.O=C(O)C(=O)O. The lowest BCUT2D eigenvalue weighted by Gasteiger charge is -2.38. The Morgan fingerprint density at radius 2 is 1.76 bits per heavy atom. The molecule has 2 rings (SSSR count). The smallest absolute Gasteiger partial charge is 0.414 e. The minimum absolute atomic E-state index is 0.536. The molecule has 140 valence electrons. The van der Waals surface area contributed by atoms with Gasteiger partial charge in [-0.05, 0) is 26.0 Å². The fourth-order valence-corrected chi connectivity index (χ4v) is 2.71. The van der Waals surface area contributed by atoms with E-state index < -0.39 is 17.5 Å². The highest BCUT2D eigenvalue weighted by molar-refractivity contribution is 6.27. The van der Waals surface area contributed by atoms with Crippen molar-refractivity contribution in [2.45, 2.75) is 25.0 Å². The lowest BCUT2D eigenvalue weighted by Crippen LogP contribution is -2.49. The van der Waals surface area contributed by atoms with Crippen LogP contribution in [0.15, 0.2) is 24.3 Å². The first-order valence-corrected chi connectivity index (χ1v) is 7.99. The number of rotatable bonds is 5. The molecule has 1 aromatic carbocycles. The molecule has 0 unspecified atom stereocenters. The number of nitrogens with one attached hydrogen (secondary N) is 1. The summed E-state index contributed by atoms with van der Waals surface area (Å²) >= 11 is 0. The van der Waals surface area contributed by atoms with Crippen molar-refractivity contribution in [3.63, 3.8) is 0 Å². The molecular weight excluding hydrogens is 328 g/mol. The van der Waals surface area contributed by atoms with E-state index in [0.29, 0.717) is 6.54 Å². The minimum atomic E-state index is -1.82. The molecule has 0 amide bonds. The molecule has 0 radical (unpaired) electrons. The third-order valence-electron chi connectivity index (χ3n) is 4.06. The van der Waals surface area contributed by atoms with Crippen molar-refractivity contribution in [3.05, 3.63) is 29.8 Å². The number of benzene rings is 1. The number of ether oxygens (including phenoxy) is 1. The van der Waals surface area contributed by atoms with Gasteiger partial charge in [-0.2, -0.15) is 0 Å². The summed E-state index contributed by atoms with van der Waals surface area (Å²) in [7, 11) is 3.60. The number of nitrogens with zero attached hydrogens (tertiary/aromatic N) is 1. The number of carboxylic acid groups (broad SMARTS) is 2. The zero-order valence-electron chi connectivity index (χ0n) is 14.6. The number of aliphatic hydroxyl groups is 1. The number of methoxy groups -OCH3 is 1. The number of likely N-dealkylation sites (N-methyl/N-ethyl adjacent to an activating group) is 1. The molecule has 25 heavy (non-hydrogen) atoms. The summed E-state index contributed by atoms with van der Waals surface area (Å²) in [6, 6.07) is 8.13. The minimum Gasteiger partial charge on any atom is -0.496 e. The van der Waals surface area contributed by atoms with E-state index in [-0.39, 0.29) is 0 Å². The topological polar surface area (TPSA) is 119 Å². The highest BCUT2D eigenvalue weighted by Gasteiger charge is 2.31. The van der Waals surface area contributed by atoms with Crippen molar-refractivity contribution in [1.82, 2.24) is 10.2 Å². The number of hydrogen-bond acceptors (Lipinski definition) is 6. The molecule has 1 aliphatic rings. The predicted molar refractivity (Wildman–Crippen MR) is 91.7 cm³/mol. The summed E-state index contributed by atoms with van der Waals surface area (Å²) in [5, 5.41) is 28.2. The summed E-state index contributed by atoms with van der Waals surface area (Å²) < 4.78 is 5.38. The maximum absolute atomic E-state index is 10.3. The highest BCUT2D eigenvalue weighted by Crippen LogP contribution is 2.25. The van der Waals surface area contributed by atoms with Crippen LogP contribution < -0.4 is 10.1 Å². The van der Waals surface area contributed by atoms with E-state index in [1.807, 2.05) is 25.2 Å². The molecule has 1 aromatic rings. The van der Waals surface area contributed by atoms with Gasteiger partial charge in [-0.3, -0.25) is 4.90 Å². The molecule has 8 heteroatoms. The van der Waals surface area contributed by atoms with Crippen LogP contribution in [-0.2, 0) is 16.1 Å². The lowest BCUT2D eigenvalue weighted by atomic mass is 9.91. The monoisotopic (exact) mass is 354 g/mol. The molecule has 4 N–H and O–H groups in total. The molecular formula is C17H26N2O6. The zero-order valence-corrected chi connectivity index (χ0v) is 14.6. The summed E-state index contributed by atoms with van der Waals surface area (Å²) in [6.07, 6.45) is 1.64. The van der Waals surface area contributed by atoms with Crippen LogP contribution in [0.3, 0.4) is 0 Å². The largest absolute Gasteiger partial charge is 0.496 e. The molecule has 0 aromatic heterocycles. The summed E-state index contributed by atoms with van der Waals surface area (Å²) in [6.45, 7) is 3.42. The van der Waals surface area contributed by atoms with Gasteiger partial charge >= 0.3 is 11.9 Å². The molecule has 0 spiro atoms. The first-order chi connectivity index (χ1) is 11.8. The maximum Gasteiger partial charge on any atom is 0.414 e. The van der Waals surface area contributed by atoms with Crippen LogP contribution in [-0.4, -0.2) is 71.6 Å². The number of likely N-dealkylation sites (tertiary alicyclic amines) is 1. The number of carboxylic acids is 2. The quantitative estimate of drug-likeness (QED) is 0.561. The van der Waals surface area contributed by atoms with Crippen LogP contribution >= 0.6 is 0 Å². The normalized spacial score (nSPS) is 16.4. The van der Waals surface area contributed by atoms with Gasteiger partial charge < -0.3 is 25.4 Å². The number of hydrogen-bond donors (Lipinski definition) is 4. The Morgan fingerprint density at radius 1 is 1.20 bits per heavy atom. The number of aliphatic carboxylic acids is 2. The van der Waals surface area contributed by atoms with E-state index >= 15 is 0 Å². The average Bonchev–Trinajstić information content (AvgIpc) is 2.58. The average molecular weight is 354 g/mol. The van der Waals surface area contributed by atoms with E-state index in [2.05, 4.69) is 16.3 Å². The second-order valence-electron chi connectivity index (χ2n) is 5.95. The molecule has 1 fully saturated rings. The Morgan fingerprint density at radius 3 is 2.24 bits per heavy atom. The third-order valence-corrected chi connectivity index (χ3v) is 4.06. The van der Waals surface area contributed by atoms with E-state index in [1.165, 1.54) is 5.56 Å². The van der Waals surface area contributed by atoms with Crippen LogP contribution in [0, 0.1) is 0 Å². The van der Waals surface area contributed by atoms with Gasteiger partial charge in [0.15, 0.2) is 0 Å². The Bertz CT molecular complexity index is 558. The molecule has 0 saturated carbocycles. The first-order valence-electron chi connectivity index (χ1n) is 7.99. The van der Waals surface area contributed by atoms with Crippen molar-refractivity contribution in [3.8, 4) is 5.75 Å². The Kier molecular flexibility index (Phi) is 8.33. The fourth-order valence-electron chi connectivity index (χ4n) is 2.71. The van der Waals surface area contributed by atoms with Crippen LogP contribution in [0.2, 0.25) is 0 Å². The second kappa shape index (κ2) is 9.97. The van der Waals surface area contributed by atoms with Gasteiger partial charge in [0, 0.05) is 31.7 Å². The van der Waals surface area contributed by atoms with Gasteiger partial charge in [0.25, 0.3) is 0 Å². The maximum atomic E-state index is 10.3. The van der Waals surface area contributed by atoms with Crippen molar-refractivity contribution in [1.29, 1.82) is 0 Å². The molecule has 0 atom stereocenters. The lowest BCUT2D eigenvalue weighted by molar-refractivity contribution is -0.159. The number of piperidine rings is 1. The molecule has 8 nitrogen and oxygen atoms in total. The zero-order chi connectivity index (χ0) is 18.9. The van der Waals surface area contributed by atoms with Crippen molar-refractivity contribution in [2.75, 3.05) is 33.8 Å². The van der Waals surface area contributed by atoms with Crippen molar-refractivity contribution in [2.24, 2.45) is 0 Å². The van der Waals surface area contributed by atoms with Gasteiger partial charge in [-0.25, -0.2) is 9.59 Å². The van der Waals surface area contributed by atoms with Gasteiger partial charge in [-0.15, -0.1) is 0 Å². The van der Waals surface area contributed by atoms with Gasteiger partial charge in [0.2, 0.25) is 0 Å². The second-order valence-corrected chi connectivity index (χ2v) is 5.95. The Balaban J connectivity index is 0.000000450. The van der Waals surface area contributed by atoms with Crippen LogP contribution in [0.5, 0.6) is 5.75 Å². The van der Waals surface area contributed by atoms with Gasteiger partial charge in [-0.1, -0.05) is 18.2 Å². The summed E-state index contributed by atoms with van der Waals surface area (Å²) in [5.41, 5.74) is 0.676. The summed E-state index contributed by atoms with van der Waals surface area (Å²) in [5.74, 6) is -2.71. The number of para-hydroxylation sites is 1. The molecule has 1 heterocycles. The fraction of sp³-hybridized carbons (Fsp3) is 0.529. The van der Waals surface area contributed by atoms with Crippen LogP contribution in [0.1, 0.15) is 18.4 Å². The van der Waals surface area contributed by atoms with E-state index in [9.17, 15) is 5.11 Å². The first kappa shape index (κ1) is 20.9. The molecule has 1 aliphatic heterocycles. The van der Waals surface area contributed by atoms with Gasteiger partial charge in [0.05, 0.1) is 12.7 Å². The molecule has 0 bridgehead atoms. The van der Waals surface area contributed by atoms with Gasteiger partial charge in [0.1, 0.15) is 5.75 Å². The predicted octanol–water partition coefficient (Wildman–Crippen LogP) is 0.397. The van der Waals surface area contributed by atoms with Crippen molar-refractivity contribution < 1.29 is 29.6 Å². The standard InChI is InChI=1S/C15H24N2O2.C2H2O4/c1-16-12-15(18)7-9-17(10-8-15)11-13-5-3-4-6-14(13)19-2;3-1(4)2(5)6/h3-6,16,18H,7-12H2,1-2H3;(H,3,4)(H,5,6). The molecule has 0 aliphatic carbocycles. The van der Waals surface area contributed by atoms with Crippen LogP contribution in [0.25, 0.3) is 0 Å². The van der Waals surface area contributed by atoms with E-state index in [4.69, 9.17) is 24.5 Å². The Hall–Kier alpha value is -2.16. The van der Waals surface area contributed by atoms with E-state index in [0.717, 1.165) is 38.2 Å². The third kappa shape index (κ3) is 7.08. The van der Waals surface area contributed by atoms with Crippen molar-refractivity contribution >= 4 is 11.9 Å².